The molecule has 76 heavy (non-hydrogen) atoms. The Morgan fingerprint density at radius 2 is 0.645 bits per heavy atom. The SMILES string of the molecule is CCCCCCCCCCC(CCCCCCCC)COc1ccc(N2C(=C3C(=O)c4cc(Br)ccc4N3c3ccc(OCC(CCCCCCCC)CCCCCCCCCC)cc3)C(=O)c3cc(Br)ccc32)cc1. The van der Waals surface area contributed by atoms with Crippen LogP contribution >= 0.6 is 31.9 Å². The minimum absolute atomic E-state index is 0.191. The van der Waals surface area contributed by atoms with Gasteiger partial charge in [-0.15, -0.1) is 0 Å². The lowest BCUT2D eigenvalue weighted by Crippen LogP contribution is -2.25. The summed E-state index contributed by atoms with van der Waals surface area (Å²) in [5.41, 5.74) is 4.84. The number of hydrogen-bond donors (Lipinski definition) is 0. The molecular weight excluding hydrogens is 1070 g/mol. The van der Waals surface area contributed by atoms with Gasteiger partial charge in [0.05, 0.1) is 24.6 Å². The van der Waals surface area contributed by atoms with Crippen molar-refractivity contribution in [3.8, 4) is 11.5 Å². The van der Waals surface area contributed by atoms with E-state index in [0.717, 1.165) is 43.2 Å². The zero-order chi connectivity index (χ0) is 53.7. The predicted octanol–water partition coefficient (Wildman–Crippen LogP) is 22.3. The van der Waals surface area contributed by atoms with E-state index in [1.54, 1.807) is 0 Å². The molecule has 0 spiro atoms. The third-order valence-corrected chi connectivity index (χ3v) is 17.0. The predicted molar refractivity (Wildman–Crippen MR) is 330 cm³/mol. The largest absolute Gasteiger partial charge is 0.493 e. The van der Waals surface area contributed by atoms with Crippen LogP contribution in [0.4, 0.5) is 22.7 Å². The van der Waals surface area contributed by atoms with Gasteiger partial charge >= 0.3 is 0 Å². The highest BCUT2D eigenvalue weighted by Crippen LogP contribution is 2.49. The number of nitrogens with zero attached hydrogens (tertiary/aromatic N) is 2. The number of hydrogen-bond acceptors (Lipinski definition) is 6. The summed E-state index contributed by atoms with van der Waals surface area (Å²) in [6.45, 7) is 10.6. The molecule has 0 amide bonds. The first-order valence-corrected chi connectivity index (χ1v) is 32.3. The minimum atomic E-state index is -0.191. The van der Waals surface area contributed by atoms with Crippen LogP contribution in [0, 0.1) is 11.8 Å². The molecule has 2 aliphatic heterocycles. The Morgan fingerprint density at radius 3 is 0.934 bits per heavy atom. The van der Waals surface area contributed by atoms with E-state index in [0.29, 0.717) is 47.6 Å². The molecule has 2 heterocycles. The van der Waals surface area contributed by atoms with Gasteiger partial charge in [-0.1, -0.05) is 239 Å². The fraction of sp³-hybridized carbons (Fsp3) is 0.588. The lowest BCUT2D eigenvalue weighted by molar-refractivity contribution is 0.101. The van der Waals surface area contributed by atoms with Crippen LogP contribution in [0.2, 0.25) is 0 Å². The number of Topliss-reactive ketones (excluding diaryl/α,β-unsaturated/α-hetero) is 2. The van der Waals surface area contributed by atoms with Crippen LogP contribution in [-0.4, -0.2) is 24.8 Å². The summed E-state index contributed by atoms with van der Waals surface area (Å²) in [5, 5.41) is 0. The number of allylic oxidation sites excluding steroid dienone is 2. The Kier molecular flexibility index (Phi) is 28.2. The maximum Gasteiger partial charge on any atom is 0.214 e. The van der Waals surface area contributed by atoms with E-state index in [2.05, 4.69) is 59.6 Å². The second-order valence-corrected chi connectivity index (χ2v) is 24.2. The van der Waals surface area contributed by atoms with Gasteiger partial charge in [0.1, 0.15) is 22.9 Å². The number of benzene rings is 4. The van der Waals surface area contributed by atoms with Crippen molar-refractivity contribution in [2.24, 2.45) is 11.8 Å². The molecule has 2 aliphatic rings. The summed E-state index contributed by atoms with van der Waals surface area (Å²) >= 11 is 7.30. The average molecular weight is 1170 g/mol. The highest BCUT2D eigenvalue weighted by atomic mass is 79.9. The lowest BCUT2D eigenvalue weighted by atomic mass is 9.94. The molecule has 0 saturated heterocycles. The third kappa shape index (κ3) is 19.2. The quantitative estimate of drug-likeness (QED) is 0.0327. The number of rotatable bonds is 40. The van der Waals surface area contributed by atoms with Crippen molar-refractivity contribution >= 4 is 66.2 Å². The Morgan fingerprint density at radius 1 is 0.368 bits per heavy atom. The molecule has 4 aromatic rings. The van der Waals surface area contributed by atoms with E-state index < -0.39 is 0 Å². The topological polar surface area (TPSA) is 59.1 Å². The Labute approximate surface area is 478 Å². The summed E-state index contributed by atoms with van der Waals surface area (Å²) in [7, 11) is 0. The molecular formula is C68H96Br2N2O4. The Hall–Kier alpha value is -3.88. The fourth-order valence-electron chi connectivity index (χ4n) is 11.4. The first-order valence-electron chi connectivity index (χ1n) is 30.8. The van der Waals surface area contributed by atoms with Crippen molar-refractivity contribution in [1.82, 2.24) is 0 Å². The molecule has 8 heteroatoms. The van der Waals surface area contributed by atoms with Gasteiger partial charge in [-0.05, 0) is 122 Å². The molecule has 0 aromatic heterocycles. The molecule has 4 aromatic carbocycles. The van der Waals surface area contributed by atoms with E-state index in [-0.39, 0.29) is 11.6 Å². The number of carbonyl (C=O) groups excluding carboxylic acids is 2. The van der Waals surface area contributed by atoms with Gasteiger partial charge in [-0.2, -0.15) is 0 Å². The number of fused-ring (bicyclic) bond motifs is 2. The van der Waals surface area contributed by atoms with Gasteiger partial charge in [0, 0.05) is 31.4 Å². The standard InChI is InChI=1S/C68H96Br2N2O4/c1-5-9-13-17-21-23-27-31-35-53(33-29-25-19-15-11-7-3)51-75-59-43-39-57(40-44-59)71-63-47-37-55(69)49-61(63)67(73)65(71)66-68(74)62-50-56(70)38-48-64(62)72(66)58-41-45-60(46-42-58)76-52-54(34-30-26-20-16-12-8-4)36-32-28-24-22-18-14-10-6-2/h37-50,53-54H,5-36,51-52H2,1-4H3. The van der Waals surface area contributed by atoms with Crippen molar-refractivity contribution in [2.75, 3.05) is 23.0 Å². The van der Waals surface area contributed by atoms with Crippen molar-refractivity contribution in [1.29, 1.82) is 0 Å². The van der Waals surface area contributed by atoms with E-state index in [9.17, 15) is 0 Å². The van der Waals surface area contributed by atoms with Crippen LogP contribution in [0.5, 0.6) is 11.5 Å². The number of halogens is 2. The monoisotopic (exact) mass is 1160 g/mol. The van der Waals surface area contributed by atoms with Crippen molar-refractivity contribution in [2.45, 2.75) is 233 Å². The van der Waals surface area contributed by atoms with E-state index in [4.69, 9.17) is 9.47 Å². The number of carbonyl (C=O) groups is 2. The second kappa shape index (κ2) is 34.9. The summed E-state index contributed by atoms with van der Waals surface area (Å²) in [6, 6.07) is 27.9. The van der Waals surface area contributed by atoms with Gasteiger partial charge in [-0.3, -0.25) is 9.59 Å². The Balaban J connectivity index is 1.20. The third-order valence-electron chi connectivity index (χ3n) is 16.0. The summed E-state index contributed by atoms with van der Waals surface area (Å²) in [5.74, 6) is 2.32. The second-order valence-electron chi connectivity index (χ2n) is 22.3. The van der Waals surface area contributed by atoms with Crippen LogP contribution in [0.1, 0.15) is 254 Å². The van der Waals surface area contributed by atoms with Crippen LogP contribution < -0.4 is 19.3 Å². The van der Waals surface area contributed by atoms with Crippen molar-refractivity contribution in [3.63, 3.8) is 0 Å². The van der Waals surface area contributed by atoms with Gasteiger partial charge in [0.25, 0.3) is 0 Å². The lowest BCUT2D eigenvalue weighted by Gasteiger charge is -2.27. The van der Waals surface area contributed by atoms with Gasteiger partial charge in [0.2, 0.25) is 11.6 Å². The molecule has 6 nitrogen and oxygen atoms in total. The van der Waals surface area contributed by atoms with Gasteiger partial charge in [0.15, 0.2) is 0 Å². The molecule has 2 unspecified atom stereocenters. The van der Waals surface area contributed by atoms with Gasteiger partial charge < -0.3 is 19.3 Å². The fourth-order valence-corrected chi connectivity index (χ4v) is 12.1. The van der Waals surface area contributed by atoms with Gasteiger partial charge in [-0.25, -0.2) is 0 Å². The maximum absolute atomic E-state index is 15.0. The summed E-state index contributed by atoms with van der Waals surface area (Å²) in [4.78, 5) is 34.0. The number of anilines is 4. The maximum atomic E-state index is 15.0. The Bertz CT molecular complexity index is 2180. The summed E-state index contributed by atoms with van der Waals surface area (Å²) in [6.07, 6.45) is 41.8. The summed E-state index contributed by atoms with van der Waals surface area (Å²) < 4.78 is 14.8. The average Bonchev–Trinajstić information content (AvgIpc) is 3.94. The molecule has 0 saturated carbocycles. The van der Waals surface area contributed by atoms with Crippen LogP contribution in [0.25, 0.3) is 0 Å². The van der Waals surface area contributed by atoms with Crippen molar-refractivity contribution in [3.05, 3.63) is 116 Å². The first-order chi connectivity index (χ1) is 37.3. The minimum Gasteiger partial charge on any atom is -0.493 e. The first kappa shape index (κ1) is 61.3. The molecule has 0 fully saturated rings. The molecule has 0 radical (unpaired) electrons. The van der Waals surface area contributed by atoms with Crippen LogP contribution in [-0.2, 0) is 0 Å². The number of ketones is 2. The molecule has 2 atom stereocenters. The molecule has 0 N–H and O–H groups in total. The zero-order valence-corrected chi connectivity index (χ0v) is 50.7. The van der Waals surface area contributed by atoms with Crippen LogP contribution in [0.3, 0.4) is 0 Å². The molecule has 416 valence electrons. The normalized spacial score (nSPS) is 14.9. The van der Waals surface area contributed by atoms with E-state index in [1.165, 1.54) is 205 Å². The molecule has 0 bridgehead atoms. The van der Waals surface area contributed by atoms with E-state index >= 15 is 9.59 Å². The van der Waals surface area contributed by atoms with Crippen LogP contribution in [0.15, 0.2) is 105 Å². The highest BCUT2D eigenvalue weighted by Gasteiger charge is 2.44. The van der Waals surface area contributed by atoms with E-state index in [1.807, 2.05) is 94.7 Å². The smallest absolute Gasteiger partial charge is 0.214 e. The molecule has 0 aliphatic carbocycles. The number of unbranched alkanes of at least 4 members (excludes halogenated alkanes) is 24. The van der Waals surface area contributed by atoms with Crippen molar-refractivity contribution < 1.29 is 19.1 Å². The highest BCUT2D eigenvalue weighted by molar-refractivity contribution is 9.10. The molecule has 6 rings (SSSR count). The number of ether oxygens (including phenoxy) is 2. The zero-order valence-electron chi connectivity index (χ0n) is 47.6.